The van der Waals surface area contributed by atoms with E-state index < -0.39 is 41.6 Å². The van der Waals surface area contributed by atoms with Crippen LogP contribution >= 0.6 is 0 Å². The Kier molecular flexibility index (Phi) is 14.0. The molecule has 0 heterocycles. The Morgan fingerprint density at radius 1 is 0.952 bits per heavy atom. The standard InChI is InChI=1S/C29H45N9O4/c1-2-14-35-26(40)21(16-19-10-12-20(13-11-19)24(30)31)27(41)38-23(17-18-7-4-3-5-8-18)28(42)37-22(25(32)39)9-6-15-36-29(33)34/h2,10-13,18,21-23H,1,3-9,14-17H2,(H3,30,31)(H2,32,39)(H,35,40)(H,37,42)(H,38,41)(H4,33,34,36)/t21?,22-,23-/m0/s1. The first kappa shape index (κ1) is 33.8. The number of carbonyl (C=O) groups excluding carboxylic acids is 4. The van der Waals surface area contributed by atoms with Gasteiger partial charge in [0.2, 0.25) is 23.6 Å². The zero-order valence-electron chi connectivity index (χ0n) is 24.1. The first-order chi connectivity index (χ1) is 20.0. The molecule has 0 bridgehead atoms. The SMILES string of the molecule is C=CCNC(=O)C(Cc1ccc(C(=N)N)cc1)C(=O)N[C@@H](CC1CCCCC1)C(=O)N[C@@H](CCCN=C(N)N)C(N)=O. The van der Waals surface area contributed by atoms with Crippen molar-refractivity contribution in [2.75, 3.05) is 13.1 Å². The summed E-state index contributed by atoms with van der Waals surface area (Å²) in [4.78, 5) is 56.2. The van der Waals surface area contributed by atoms with Gasteiger partial charge in [-0.15, -0.1) is 6.58 Å². The second-order valence-electron chi connectivity index (χ2n) is 10.6. The van der Waals surface area contributed by atoms with E-state index in [0.29, 0.717) is 24.0 Å². The summed E-state index contributed by atoms with van der Waals surface area (Å²) in [6.07, 6.45) is 7.56. The van der Waals surface area contributed by atoms with Crippen LogP contribution in [-0.4, -0.2) is 60.6 Å². The maximum absolute atomic E-state index is 13.6. The van der Waals surface area contributed by atoms with E-state index >= 15 is 0 Å². The van der Waals surface area contributed by atoms with Crippen molar-refractivity contribution in [3.8, 4) is 0 Å². The number of hydrogen-bond donors (Lipinski definition) is 8. The van der Waals surface area contributed by atoms with Crippen molar-refractivity contribution >= 4 is 35.4 Å². The van der Waals surface area contributed by atoms with E-state index in [1.54, 1.807) is 24.3 Å². The highest BCUT2D eigenvalue weighted by Crippen LogP contribution is 2.27. The zero-order valence-corrected chi connectivity index (χ0v) is 24.1. The normalized spacial score (nSPS) is 15.3. The minimum atomic E-state index is -1.15. The third kappa shape index (κ3) is 11.6. The Labute approximate surface area is 246 Å². The lowest BCUT2D eigenvalue weighted by atomic mass is 9.84. The van der Waals surface area contributed by atoms with Crippen molar-refractivity contribution in [2.24, 2.45) is 39.8 Å². The van der Waals surface area contributed by atoms with Crippen molar-refractivity contribution in [2.45, 2.75) is 69.9 Å². The molecule has 1 fully saturated rings. The number of carbonyl (C=O) groups is 4. The summed E-state index contributed by atoms with van der Waals surface area (Å²) >= 11 is 0. The molecule has 13 heteroatoms. The molecule has 1 aromatic carbocycles. The van der Waals surface area contributed by atoms with Gasteiger partial charge in [-0.25, -0.2) is 0 Å². The molecule has 1 saturated carbocycles. The van der Waals surface area contributed by atoms with E-state index in [0.717, 1.165) is 32.1 Å². The molecule has 1 aromatic rings. The van der Waals surface area contributed by atoms with Gasteiger partial charge in [-0.1, -0.05) is 62.4 Å². The first-order valence-corrected chi connectivity index (χ1v) is 14.3. The van der Waals surface area contributed by atoms with Gasteiger partial charge in [-0.05, 0) is 37.2 Å². The quantitative estimate of drug-likeness (QED) is 0.0407. The van der Waals surface area contributed by atoms with E-state index in [-0.39, 0.29) is 43.6 Å². The smallest absolute Gasteiger partial charge is 0.243 e. The Balaban J connectivity index is 2.24. The Bertz CT molecular complexity index is 1130. The molecular formula is C29H45N9O4. The number of nitrogens with zero attached hydrogens (tertiary/aromatic N) is 1. The monoisotopic (exact) mass is 583 g/mol. The summed E-state index contributed by atoms with van der Waals surface area (Å²) in [6.45, 7) is 4.03. The fourth-order valence-corrected chi connectivity index (χ4v) is 4.98. The molecule has 3 atom stereocenters. The van der Waals surface area contributed by atoms with Crippen molar-refractivity contribution in [1.82, 2.24) is 16.0 Å². The van der Waals surface area contributed by atoms with Crippen LogP contribution in [0.4, 0.5) is 0 Å². The summed E-state index contributed by atoms with van der Waals surface area (Å²) in [5, 5.41) is 15.7. The van der Waals surface area contributed by atoms with Gasteiger partial charge in [0.25, 0.3) is 0 Å². The summed E-state index contributed by atoms with van der Waals surface area (Å²) in [5.41, 5.74) is 23.0. The van der Waals surface area contributed by atoms with E-state index in [2.05, 4.69) is 27.5 Å². The van der Waals surface area contributed by atoms with Crippen LogP contribution in [0.2, 0.25) is 0 Å². The fourth-order valence-electron chi connectivity index (χ4n) is 4.98. The highest BCUT2D eigenvalue weighted by Gasteiger charge is 2.33. The van der Waals surface area contributed by atoms with Crippen LogP contribution in [0, 0.1) is 17.2 Å². The maximum atomic E-state index is 13.6. The number of guanidine groups is 1. The highest BCUT2D eigenvalue weighted by molar-refractivity contribution is 6.02. The van der Waals surface area contributed by atoms with Gasteiger partial charge in [0.1, 0.15) is 23.8 Å². The van der Waals surface area contributed by atoms with Crippen molar-refractivity contribution < 1.29 is 19.2 Å². The zero-order chi connectivity index (χ0) is 31.1. The van der Waals surface area contributed by atoms with Crippen molar-refractivity contribution in [3.63, 3.8) is 0 Å². The molecule has 13 nitrogen and oxygen atoms in total. The molecule has 0 aliphatic heterocycles. The minimum absolute atomic E-state index is 0.0550. The molecule has 1 unspecified atom stereocenters. The molecule has 4 amide bonds. The topological polar surface area (TPSA) is 245 Å². The number of benzene rings is 1. The van der Waals surface area contributed by atoms with E-state index in [4.69, 9.17) is 28.3 Å². The molecule has 0 spiro atoms. The Hall–Kier alpha value is -4.42. The molecule has 230 valence electrons. The van der Waals surface area contributed by atoms with Crippen LogP contribution in [0.5, 0.6) is 0 Å². The molecule has 1 aliphatic rings. The van der Waals surface area contributed by atoms with Gasteiger partial charge < -0.3 is 38.9 Å². The number of amidine groups is 1. The third-order valence-electron chi connectivity index (χ3n) is 7.29. The van der Waals surface area contributed by atoms with Gasteiger partial charge in [0.05, 0.1) is 0 Å². The maximum Gasteiger partial charge on any atom is 0.243 e. The van der Waals surface area contributed by atoms with Crippen LogP contribution in [0.3, 0.4) is 0 Å². The fraction of sp³-hybridized carbons (Fsp3) is 0.517. The number of amides is 4. The Morgan fingerprint density at radius 3 is 2.17 bits per heavy atom. The molecule has 42 heavy (non-hydrogen) atoms. The second-order valence-corrected chi connectivity index (χ2v) is 10.6. The largest absolute Gasteiger partial charge is 0.384 e. The van der Waals surface area contributed by atoms with Gasteiger partial charge in [-0.3, -0.25) is 29.6 Å². The van der Waals surface area contributed by atoms with Crippen LogP contribution in [0.25, 0.3) is 0 Å². The predicted octanol–water partition coefficient (Wildman–Crippen LogP) is -0.0895. The molecule has 0 saturated heterocycles. The van der Waals surface area contributed by atoms with Crippen molar-refractivity contribution in [3.05, 3.63) is 48.0 Å². The number of rotatable bonds is 17. The lowest BCUT2D eigenvalue weighted by Gasteiger charge is -2.29. The van der Waals surface area contributed by atoms with Gasteiger partial charge in [-0.2, -0.15) is 0 Å². The lowest BCUT2D eigenvalue weighted by molar-refractivity contribution is -0.138. The molecule has 1 aliphatic carbocycles. The van der Waals surface area contributed by atoms with E-state index in [1.807, 2.05) is 0 Å². The van der Waals surface area contributed by atoms with E-state index in [9.17, 15) is 19.2 Å². The number of nitrogens with one attached hydrogen (secondary N) is 4. The number of nitrogens with two attached hydrogens (primary N) is 4. The highest BCUT2D eigenvalue weighted by atomic mass is 16.2. The summed E-state index contributed by atoms with van der Waals surface area (Å²) in [7, 11) is 0. The number of nitrogen functional groups attached to an aromatic ring is 1. The van der Waals surface area contributed by atoms with Crippen LogP contribution in [-0.2, 0) is 25.6 Å². The summed E-state index contributed by atoms with van der Waals surface area (Å²) in [5.74, 6) is -3.52. The third-order valence-corrected chi connectivity index (χ3v) is 7.29. The van der Waals surface area contributed by atoms with Crippen molar-refractivity contribution in [1.29, 1.82) is 5.41 Å². The molecular weight excluding hydrogens is 538 g/mol. The number of primary amides is 1. The van der Waals surface area contributed by atoms with Gasteiger partial charge >= 0.3 is 0 Å². The molecule has 2 rings (SSSR count). The summed E-state index contributed by atoms with van der Waals surface area (Å²) in [6, 6.07) is 4.72. The molecule has 12 N–H and O–H groups in total. The van der Waals surface area contributed by atoms with Gasteiger partial charge in [0.15, 0.2) is 5.96 Å². The first-order valence-electron chi connectivity index (χ1n) is 14.3. The summed E-state index contributed by atoms with van der Waals surface area (Å²) < 4.78 is 0. The average Bonchev–Trinajstić information content (AvgIpc) is 2.96. The predicted molar refractivity (Wildman–Crippen MR) is 162 cm³/mol. The average molecular weight is 584 g/mol. The second kappa shape index (κ2) is 17.4. The Morgan fingerprint density at radius 2 is 1.60 bits per heavy atom. The van der Waals surface area contributed by atoms with E-state index in [1.165, 1.54) is 6.08 Å². The molecule has 0 aromatic heterocycles. The van der Waals surface area contributed by atoms with Gasteiger partial charge in [0, 0.05) is 18.7 Å². The minimum Gasteiger partial charge on any atom is -0.384 e. The van der Waals surface area contributed by atoms with Crippen LogP contribution in [0.15, 0.2) is 41.9 Å². The lowest BCUT2D eigenvalue weighted by Crippen LogP contribution is -2.55. The number of aliphatic imine (C=N–C) groups is 1. The van der Waals surface area contributed by atoms with Crippen LogP contribution < -0.4 is 38.9 Å². The van der Waals surface area contributed by atoms with Crippen LogP contribution in [0.1, 0.15) is 62.5 Å². The molecule has 0 radical (unpaired) electrons. The number of hydrogen-bond acceptors (Lipinski definition) is 6.